The number of rotatable bonds is 7. The van der Waals surface area contributed by atoms with Gasteiger partial charge in [-0.1, -0.05) is 38.8 Å². The second kappa shape index (κ2) is 7.35. The summed E-state index contributed by atoms with van der Waals surface area (Å²) in [6.45, 7) is 11.4. The molecule has 0 fully saturated rings. The molecular formula is C11H23N. The van der Waals surface area contributed by atoms with Crippen LogP contribution in [0, 0.1) is 0 Å². The molecule has 72 valence electrons. The minimum absolute atomic E-state index is 0.705. The summed E-state index contributed by atoms with van der Waals surface area (Å²) < 4.78 is 0. The average Bonchev–Trinajstić information content (AvgIpc) is 2.01. The van der Waals surface area contributed by atoms with E-state index in [1.165, 1.54) is 31.3 Å². The van der Waals surface area contributed by atoms with Crippen molar-refractivity contribution in [3.8, 4) is 0 Å². The zero-order chi connectivity index (χ0) is 9.40. The molecule has 1 heteroatoms. The first-order valence-corrected chi connectivity index (χ1v) is 5.08. The van der Waals surface area contributed by atoms with Crippen LogP contribution in [0.1, 0.15) is 46.5 Å². The molecule has 1 nitrogen and oxygen atoms in total. The third-order valence-corrected chi connectivity index (χ3v) is 1.97. The normalized spacial score (nSPS) is 10.7. The van der Waals surface area contributed by atoms with Crippen molar-refractivity contribution in [2.75, 3.05) is 6.54 Å². The van der Waals surface area contributed by atoms with Gasteiger partial charge in [-0.25, -0.2) is 0 Å². The first-order valence-electron chi connectivity index (χ1n) is 5.08. The smallest absolute Gasteiger partial charge is 0.0161 e. The minimum atomic E-state index is 0.705. The van der Waals surface area contributed by atoms with E-state index < -0.39 is 0 Å². The molecule has 0 aliphatic rings. The third kappa shape index (κ3) is 6.41. The highest BCUT2D eigenvalue weighted by molar-refractivity contribution is 4.91. The summed E-state index contributed by atoms with van der Waals surface area (Å²) in [6.07, 6.45) is 5.13. The van der Waals surface area contributed by atoms with Crippen LogP contribution in [0.25, 0.3) is 0 Å². The molecule has 0 saturated heterocycles. The molecule has 0 amide bonds. The highest BCUT2D eigenvalue weighted by atomic mass is 14.9. The Hall–Kier alpha value is -0.300. The number of hydrogen-bond donors (Lipinski definition) is 1. The monoisotopic (exact) mass is 169 g/mol. The maximum absolute atomic E-state index is 3.88. The van der Waals surface area contributed by atoms with E-state index in [1.54, 1.807) is 0 Å². The highest BCUT2D eigenvalue weighted by Crippen LogP contribution is 2.04. The van der Waals surface area contributed by atoms with E-state index in [0.29, 0.717) is 6.04 Å². The van der Waals surface area contributed by atoms with Crippen LogP contribution in [-0.2, 0) is 0 Å². The predicted octanol–water partition coefficient (Wildman–Crippen LogP) is 3.12. The van der Waals surface area contributed by atoms with Gasteiger partial charge in [0, 0.05) is 12.6 Å². The zero-order valence-corrected chi connectivity index (χ0v) is 8.82. The van der Waals surface area contributed by atoms with Crippen LogP contribution < -0.4 is 5.32 Å². The lowest BCUT2D eigenvalue weighted by atomic mass is 10.1. The van der Waals surface area contributed by atoms with Crippen molar-refractivity contribution in [2.45, 2.75) is 52.5 Å². The Balaban J connectivity index is 3.54. The van der Waals surface area contributed by atoms with Crippen molar-refractivity contribution in [1.29, 1.82) is 0 Å². The van der Waals surface area contributed by atoms with E-state index in [4.69, 9.17) is 0 Å². The van der Waals surface area contributed by atoms with Crippen LogP contribution in [0.15, 0.2) is 12.2 Å². The largest absolute Gasteiger partial charge is 0.310 e. The molecule has 0 bridgehead atoms. The molecule has 1 N–H and O–H groups in total. The molecule has 0 aliphatic carbocycles. The molecule has 0 aromatic carbocycles. The van der Waals surface area contributed by atoms with Gasteiger partial charge in [-0.15, -0.1) is 0 Å². The van der Waals surface area contributed by atoms with Crippen LogP contribution in [0.2, 0.25) is 0 Å². The molecule has 0 rings (SSSR count). The molecule has 0 spiro atoms. The standard InChI is InChI=1S/C11H23N/c1-5-7-11(8-6-2)12-9-10(3)4/h11-12H,3,5-9H2,1-2,4H3. The highest BCUT2D eigenvalue weighted by Gasteiger charge is 2.04. The van der Waals surface area contributed by atoms with Gasteiger partial charge in [0.15, 0.2) is 0 Å². The lowest BCUT2D eigenvalue weighted by Crippen LogP contribution is -2.29. The maximum Gasteiger partial charge on any atom is 0.0161 e. The summed E-state index contributed by atoms with van der Waals surface area (Å²) in [5, 5.41) is 3.52. The van der Waals surface area contributed by atoms with Crippen molar-refractivity contribution in [3.05, 3.63) is 12.2 Å². The van der Waals surface area contributed by atoms with Gasteiger partial charge >= 0.3 is 0 Å². The molecule has 0 atom stereocenters. The second-order valence-electron chi connectivity index (χ2n) is 3.61. The molecule has 0 saturated carbocycles. The van der Waals surface area contributed by atoms with Crippen molar-refractivity contribution in [3.63, 3.8) is 0 Å². The molecule has 0 unspecified atom stereocenters. The fraction of sp³-hybridized carbons (Fsp3) is 0.818. The molecule has 0 aliphatic heterocycles. The zero-order valence-electron chi connectivity index (χ0n) is 8.82. The first-order chi connectivity index (χ1) is 5.70. The first kappa shape index (κ1) is 11.7. The van der Waals surface area contributed by atoms with Gasteiger partial charge in [0.2, 0.25) is 0 Å². The van der Waals surface area contributed by atoms with Crippen molar-refractivity contribution in [2.24, 2.45) is 0 Å². The number of hydrogen-bond acceptors (Lipinski definition) is 1. The SMILES string of the molecule is C=C(C)CNC(CCC)CCC. The minimum Gasteiger partial charge on any atom is -0.310 e. The van der Waals surface area contributed by atoms with E-state index in [2.05, 4.69) is 32.7 Å². The fourth-order valence-electron chi connectivity index (χ4n) is 1.36. The van der Waals surface area contributed by atoms with Gasteiger partial charge in [0.25, 0.3) is 0 Å². The van der Waals surface area contributed by atoms with Gasteiger partial charge in [-0.05, 0) is 19.8 Å². The lowest BCUT2D eigenvalue weighted by molar-refractivity contribution is 0.459. The average molecular weight is 169 g/mol. The Morgan fingerprint density at radius 1 is 1.25 bits per heavy atom. The Labute approximate surface area is 77.2 Å². The van der Waals surface area contributed by atoms with Gasteiger partial charge in [0.05, 0.1) is 0 Å². The Kier molecular flexibility index (Phi) is 7.17. The van der Waals surface area contributed by atoms with Crippen LogP contribution in [-0.4, -0.2) is 12.6 Å². The summed E-state index contributed by atoms with van der Waals surface area (Å²) >= 11 is 0. The van der Waals surface area contributed by atoms with Crippen LogP contribution >= 0.6 is 0 Å². The van der Waals surface area contributed by atoms with E-state index in [0.717, 1.165) is 6.54 Å². The summed E-state index contributed by atoms with van der Waals surface area (Å²) in [4.78, 5) is 0. The quantitative estimate of drug-likeness (QED) is 0.577. The summed E-state index contributed by atoms with van der Waals surface area (Å²) in [6, 6.07) is 0.705. The van der Waals surface area contributed by atoms with Gasteiger partial charge in [-0.2, -0.15) is 0 Å². The second-order valence-corrected chi connectivity index (χ2v) is 3.61. The Morgan fingerprint density at radius 2 is 1.75 bits per heavy atom. The maximum atomic E-state index is 3.88. The van der Waals surface area contributed by atoms with E-state index in [9.17, 15) is 0 Å². The molecule has 12 heavy (non-hydrogen) atoms. The van der Waals surface area contributed by atoms with E-state index in [-0.39, 0.29) is 0 Å². The van der Waals surface area contributed by atoms with Crippen molar-refractivity contribution in [1.82, 2.24) is 5.32 Å². The van der Waals surface area contributed by atoms with Crippen LogP contribution in [0.3, 0.4) is 0 Å². The molecule has 0 radical (unpaired) electrons. The molecular weight excluding hydrogens is 146 g/mol. The fourth-order valence-corrected chi connectivity index (χ4v) is 1.36. The van der Waals surface area contributed by atoms with E-state index in [1.807, 2.05) is 0 Å². The molecule has 0 heterocycles. The number of nitrogens with one attached hydrogen (secondary N) is 1. The Bertz CT molecular complexity index is 112. The van der Waals surface area contributed by atoms with Crippen molar-refractivity contribution >= 4 is 0 Å². The van der Waals surface area contributed by atoms with Gasteiger partial charge in [-0.3, -0.25) is 0 Å². The molecule has 0 aromatic rings. The molecule has 0 aromatic heterocycles. The van der Waals surface area contributed by atoms with Gasteiger partial charge in [0.1, 0.15) is 0 Å². The lowest BCUT2D eigenvalue weighted by Gasteiger charge is -2.16. The van der Waals surface area contributed by atoms with E-state index >= 15 is 0 Å². The topological polar surface area (TPSA) is 12.0 Å². The Morgan fingerprint density at radius 3 is 2.08 bits per heavy atom. The summed E-state index contributed by atoms with van der Waals surface area (Å²) in [7, 11) is 0. The van der Waals surface area contributed by atoms with Crippen molar-refractivity contribution < 1.29 is 0 Å². The third-order valence-electron chi connectivity index (χ3n) is 1.97. The summed E-state index contributed by atoms with van der Waals surface area (Å²) in [5.74, 6) is 0. The van der Waals surface area contributed by atoms with Crippen LogP contribution in [0.4, 0.5) is 0 Å². The van der Waals surface area contributed by atoms with Gasteiger partial charge < -0.3 is 5.32 Å². The van der Waals surface area contributed by atoms with Crippen LogP contribution in [0.5, 0.6) is 0 Å². The predicted molar refractivity (Wildman–Crippen MR) is 56.4 cm³/mol. The summed E-state index contributed by atoms with van der Waals surface area (Å²) in [5.41, 5.74) is 1.23.